The van der Waals surface area contributed by atoms with E-state index in [0.29, 0.717) is 11.8 Å². The van der Waals surface area contributed by atoms with Gasteiger partial charge in [-0.15, -0.1) is 0 Å². The van der Waals surface area contributed by atoms with Crippen molar-refractivity contribution >= 4 is 15.9 Å². The Balaban J connectivity index is 1.90. The zero-order valence-corrected chi connectivity index (χ0v) is 13.2. The molecule has 2 heterocycles. The summed E-state index contributed by atoms with van der Waals surface area (Å²) in [4.78, 5) is 14.1. The molecule has 2 rings (SSSR count). The van der Waals surface area contributed by atoms with E-state index in [9.17, 15) is 13.2 Å². The third kappa shape index (κ3) is 3.51. The van der Waals surface area contributed by atoms with Gasteiger partial charge in [-0.1, -0.05) is 0 Å². The summed E-state index contributed by atoms with van der Waals surface area (Å²) in [7, 11) is -1.80. The van der Waals surface area contributed by atoms with Crippen LogP contribution in [0.15, 0.2) is 0 Å². The van der Waals surface area contributed by atoms with Crippen LogP contribution in [-0.2, 0) is 14.8 Å². The average molecular weight is 303 g/mol. The summed E-state index contributed by atoms with van der Waals surface area (Å²) in [5.41, 5.74) is 0. The number of sulfonamides is 1. The normalized spacial score (nSPS) is 27.4. The molecule has 0 saturated carbocycles. The molecule has 20 heavy (non-hydrogen) atoms. The SMILES string of the molecule is CCS(=O)(=O)N(C)CC(=O)N1CC[C@@H]2CNC[C@@H]2CC1. The highest BCUT2D eigenvalue weighted by molar-refractivity contribution is 7.89. The molecule has 2 atom stereocenters. The summed E-state index contributed by atoms with van der Waals surface area (Å²) in [5.74, 6) is 1.30. The molecule has 0 aromatic carbocycles. The van der Waals surface area contributed by atoms with Crippen LogP contribution in [0.25, 0.3) is 0 Å². The molecule has 2 aliphatic heterocycles. The molecule has 6 nitrogen and oxygen atoms in total. The number of hydrogen-bond donors (Lipinski definition) is 1. The van der Waals surface area contributed by atoms with Crippen LogP contribution in [0.3, 0.4) is 0 Å². The van der Waals surface area contributed by atoms with Crippen molar-refractivity contribution in [3.8, 4) is 0 Å². The van der Waals surface area contributed by atoms with Crippen LogP contribution in [0.5, 0.6) is 0 Å². The summed E-state index contributed by atoms with van der Waals surface area (Å²) >= 11 is 0. The molecule has 0 radical (unpaired) electrons. The fourth-order valence-corrected chi connectivity index (χ4v) is 3.82. The van der Waals surface area contributed by atoms with Crippen LogP contribution in [0, 0.1) is 11.8 Å². The summed E-state index contributed by atoms with van der Waals surface area (Å²) in [6.45, 7) is 5.16. The van der Waals surface area contributed by atoms with Gasteiger partial charge in [0.25, 0.3) is 0 Å². The van der Waals surface area contributed by atoms with Crippen LogP contribution >= 0.6 is 0 Å². The quantitative estimate of drug-likeness (QED) is 0.776. The molecule has 116 valence electrons. The maximum atomic E-state index is 12.2. The van der Waals surface area contributed by atoms with Crippen molar-refractivity contribution < 1.29 is 13.2 Å². The maximum absolute atomic E-state index is 12.2. The van der Waals surface area contributed by atoms with E-state index in [4.69, 9.17) is 0 Å². The summed E-state index contributed by atoms with van der Waals surface area (Å²) in [5, 5.41) is 3.40. The third-order valence-electron chi connectivity index (χ3n) is 4.57. The van der Waals surface area contributed by atoms with Gasteiger partial charge in [-0.05, 0) is 44.7 Å². The molecule has 0 spiro atoms. The smallest absolute Gasteiger partial charge is 0.237 e. The van der Waals surface area contributed by atoms with E-state index in [1.54, 1.807) is 6.92 Å². The van der Waals surface area contributed by atoms with Crippen LogP contribution < -0.4 is 5.32 Å². The van der Waals surface area contributed by atoms with Gasteiger partial charge in [-0.3, -0.25) is 4.79 Å². The molecule has 2 aliphatic rings. The predicted octanol–water partition coefficient (Wildman–Crippen LogP) is -0.274. The lowest BCUT2D eigenvalue weighted by atomic mass is 9.92. The Bertz CT molecular complexity index is 438. The van der Waals surface area contributed by atoms with E-state index >= 15 is 0 Å². The highest BCUT2D eigenvalue weighted by Crippen LogP contribution is 2.27. The predicted molar refractivity (Wildman–Crippen MR) is 77.8 cm³/mol. The van der Waals surface area contributed by atoms with Crippen molar-refractivity contribution in [3.05, 3.63) is 0 Å². The molecule has 7 heteroatoms. The number of nitrogens with zero attached hydrogens (tertiary/aromatic N) is 2. The van der Waals surface area contributed by atoms with Gasteiger partial charge in [0.05, 0.1) is 12.3 Å². The second kappa shape index (κ2) is 6.41. The van der Waals surface area contributed by atoms with Crippen molar-refractivity contribution in [2.24, 2.45) is 11.8 Å². The van der Waals surface area contributed by atoms with Crippen molar-refractivity contribution in [1.29, 1.82) is 0 Å². The summed E-state index contributed by atoms with van der Waals surface area (Å²) in [6, 6.07) is 0. The van der Waals surface area contributed by atoms with E-state index in [1.165, 1.54) is 11.4 Å². The number of carbonyl (C=O) groups excluding carboxylic acids is 1. The van der Waals surface area contributed by atoms with Crippen molar-refractivity contribution in [2.45, 2.75) is 19.8 Å². The molecule has 0 aromatic rings. The van der Waals surface area contributed by atoms with Crippen LogP contribution in [-0.4, -0.2) is 69.1 Å². The fraction of sp³-hybridized carbons (Fsp3) is 0.923. The first kappa shape index (κ1) is 15.7. The number of hydrogen-bond acceptors (Lipinski definition) is 4. The molecular formula is C13H25N3O3S. The zero-order chi connectivity index (χ0) is 14.8. The Morgan fingerprint density at radius 1 is 1.25 bits per heavy atom. The Morgan fingerprint density at radius 2 is 1.80 bits per heavy atom. The van der Waals surface area contributed by atoms with Crippen LogP contribution in [0.4, 0.5) is 0 Å². The number of likely N-dealkylation sites (tertiary alicyclic amines) is 1. The third-order valence-corrected chi connectivity index (χ3v) is 6.38. The second-order valence-electron chi connectivity index (χ2n) is 5.79. The number of carbonyl (C=O) groups is 1. The molecule has 0 aromatic heterocycles. The number of amides is 1. The van der Waals surface area contributed by atoms with Gasteiger partial charge >= 0.3 is 0 Å². The molecular weight excluding hydrogens is 278 g/mol. The van der Waals surface area contributed by atoms with E-state index in [2.05, 4.69) is 5.32 Å². The Kier molecular flexibility index (Phi) is 5.04. The summed E-state index contributed by atoms with van der Waals surface area (Å²) in [6.07, 6.45) is 2.04. The molecule has 2 saturated heterocycles. The topological polar surface area (TPSA) is 69.7 Å². The minimum absolute atomic E-state index is 0.0343. The first-order valence-corrected chi connectivity index (χ1v) is 8.97. The van der Waals surface area contributed by atoms with Gasteiger partial charge in [0.1, 0.15) is 0 Å². The van der Waals surface area contributed by atoms with E-state index in [1.807, 2.05) is 4.90 Å². The minimum atomic E-state index is -3.28. The Labute approximate surface area is 121 Å². The van der Waals surface area contributed by atoms with Gasteiger partial charge in [0, 0.05) is 20.1 Å². The Hall–Kier alpha value is -0.660. The molecule has 0 bridgehead atoms. The van der Waals surface area contributed by atoms with Gasteiger partial charge < -0.3 is 10.2 Å². The number of fused-ring (bicyclic) bond motifs is 1. The lowest BCUT2D eigenvalue weighted by molar-refractivity contribution is -0.131. The molecule has 0 aliphatic carbocycles. The first-order valence-electron chi connectivity index (χ1n) is 7.36. The molecule has 1 amide bonds. The minimum Gasteiger partial charge on any atom is -0.342 e. The lowest BCUT2D eigenvalue weighted by Gasteiger charge is -2.24. The summed E-state index contributed by atoms with van der Waals surface area (Å²) < 4.78 is 24.6. The highest BCUT2D eigenvalue weighted by atomic mass is 32.2. The van der Waals surface area contributed by atoms with Gasteiger partial charge in [0.2, 0.25) is 15.9 Å². The zero-order valence-electron chi connectivity index (χ0n) is 12.3. The largest absolute Gasteiger partial charge is 0.342 e. The Morgan fingerprint density at radius 3 is 2.30 bits per heavy atom. The highest BCUT2D eigenvalue weighted by Gasteiger charge is 2.32. The van der Waals surface area contributed by atoms with Gasteiger partial charge in [0.15, 0.2) is 0 Å². The van der Waals surface area contributed by atoms with Gasteiger partial charge in [-0.25, -0.2) is 8.42 Å². The number of rotatable bonds is 4. The van der Waals surface area contributed by atoms with Gasteiger partial charge in [-0.2, -0.15) is 4.31 Å². The second-order valence-corrected chi connectivity index (χ2v) is 8.16. The standard InChI is InChI=1S/C13H25N3O3S/c1-3-20(18,19)15(2)10-13(17)16-6-4-11-8-14-9-12(11)5-7-16/h11-12,14H,3-10H2,1-2H3/t11-,12+. The maximum Gasteiger partial charge on any atom is 0.237 e. The molecule has 1 N–H and O–H groups in total. The molecule has 0 unspecified atom stereocenters. The van der Waals surface area contributed by atoms with Crippen molar-refractivity contribution in [3.63, 3.8) is 0 Å². The number of likely N-dealkylation sites (N-methyl/N-ethyl adjacent to an activating group) is 1. The average Bonchev–Trinajstić information content (AvgIpc) is 2.77. The monoisotopic (exact) mass is 303 g/mol. The fourth-order valence-electron chi connectivity index (χ4n) is 3.08. The van der Waals surface area contributed by atoms with Crippen molar-refractivity contribution in [2.75, 3.05) is 45.5 Å². The van der Waals surface area contributed by atoms with Crippen LogP contribution in [0.2, 0.25) is 0 Å². The van der Waals surface area contributed by atoms with E-state index in [-0.39, 0.29) is 18.2 Å². The van der Waals surface area contributed by atoms with E-state index in [0.717, 1.165) is 39.0 Å². The van der Waals surface area contributed by atoms with Crippen LogP contribution in [0.1, 0.15) is 19.8 Å². The van der Waals surface area contributed by atoms with E-state index < -0.39 is 10.0 Å². The lowest BCUT2D eigenvalue weighted by Crippen LogP contribution is -2.42. The molecule has 2 fully saturated rings. The van der Waals surface area contributed by atoms with Crippen molar-refractivity contribution in [1.82, 2.24) is 14.5 Å². The first-order chi connectivity index (χ1) is 9.44. The number of nitrogens with one attached hydrogen (secondary N) is 1.